The fraction of sp³-hybridized carbons (Fsp3) is 0.400. The summed E-state index contributed by atoms with van der Waals surface area (Å²) in [6.45, 7) is 0.945. The first-order valence-corrected chi connectivity index (χ1v) is 6.62. The van der Waals surface area contributed by atoms with Crippen molar-refractivity contribution in [3.05, 3.63) is 35.4 Å². The van der Waals surface area contributed by atoms with Gasteiger partial charge in [0.2, 0.25) is 10.0 Å². The average Bonchev–Trinajstić information content (AvgIpc) is 2.24. The summed E-state index contributed by atoms with van der Waals surface area (Å²) >= 11 is 0. The summed E-state index contributed by atoms with van der Waals surface area (Å²) < 4.78 is 21.3. The van der Waals surface area contributed by atoms with Crippen LogP contribution in [0.5, 0.6) is 0 Å². The van der Waals surface area contributed by atoms with E-state index in [2.05, 4.69) is 5.32 Å². The van der Waals surface area contributed by atoms with Crippen molar-refractivity contribution in [2.75, 3.05) is 12.3 Å². The first-order valence-electron chi connectivity index (χ1n) is 4.91. The number of rotatable bonds is 6. The van der Waals surface area contributed by atoms with Gasteiger partial charge in [0.1, 0.15) is 0 Å². The fourth-order valence-electron chi connectivity index (χ4n) is 1.21. The zero-order valence-electron chi connectivity index (χ0n) is 8.89. The van der Waals surface area contributed by atoms with Crippen molar-refractivity contribution >= 4 is 10.0 Å². The molecule has 0 saturated heterocycles. The van der Waals surface area contributed by atoms with E-state index in [-0.39, 0.29) is 12.4 Å². The molecule has 0 amide bonds. The lowest BCUT2D eigenvalue weighted by Crippen LogP contribution is -2.26. The molecule has 5 nitrogen and oxygen atoms in total. The molecule has 1 rings (SSSR count). The summed E-state index contributed by atoms with van der Waals surface area (Å²) in [7, 11) is -3.38. The molecule has 0 unspecified atom stereocenters. The predicted molar refractivity (Wildman–Crippen MR) is 62.0 cm³/mol. The molecule has 0 saturated carbocycles. The number of aliphatic hydroxyl groups excluding tert-OH is 1. The quantitative estimate of drug-likeness (QED) is 0.591. The number of hydrogen-bond acceptors (Lipinski definition) is 4. The van der Waals surface area contributed by atoms with Crippen LogP contribution >= 0.6 is 0 Å². The van der Waals surface area contributed by atoms with E-state index in [0.29, 0.717) is 13.1 Å². The zero-order valence-corrected chi connectivity index (χ0v) is 9.70. The van der Waals surface area contributed by atoms with Crippen molar-refractivity contribution in [2.45, 2.75) is 13.2 Å². The van der Waals surface area contributed by atoms with Crippen LogP contribution in [-0.4, -0.2) is 25.8 Å². The van der Waals surface area contributed by atoms with E-state index in [1.165, 1.54) is 0 Å². The Morgan fingerprint density at radius 3 is 2.25 bits per heavy atom. The van der Waals surface area contributed by atoms with Crippen LogP contribution in [0.25, 0.3) is 0 Å². The summed E-state index contributed by atoms with van der Waals surface area (Å²) in [5.41, 5.74) is 1.89. The summed E-state index contributed by atoms with van der Waals surface area (Å²) in [6.07, 6.45) is 0. The largest absolute Gasteiger partial charge is 0.392 e. The molecule has 6 heteroatoms. The molecule has 0 aliphatic rings. The SMILES string of the molecule is NS(=O)(=O)CCNCc1ccc(CO)cc1. The summed E-state index contributed by atoms with van der Waals surface area (Å²) in [6, 6.07) is 7.43. The standard InChI is InChI=1S/C10H16N2O3S/c11-16(14,15)6-5-12-7-9-1-3-10(8-13)4-2-9/h1-4,12-13H,5-8H2,(H2,11,14,15). The van der Waals surface area contributed by atoms with Gasteiger partial charge < -0.3 is 10.4 Å². The average molecular weight is 244 g/mol. The van der Waals surface area contributed by atoms with Crippen LogP contribution < -0.4 is 10.5 Å². The van der Waals surface area contributed by atoms with Crippen LogP contribution in [0.15, 0.2) is 24.3 Å². The summed E-state index contributed by atoms with van der Waals surface area (Å²) in [5, 5.41) is 16.7. The Balaban J connectivity index is 2.32. The molecule has 0 heterocycles. The zero-order chi connectivity index (χ0) is 12.0. The number of benzene rings is 1. The van der Waals surface area contributed by atoms with Gasteiger partial charge in [-0.05, 0) is 11.1 Å². The number of aliphatic hydroxyl groups is 1. The van der Waals surface area contributed by atoms with Gasteiger partial charge >= 0.3 is 0 Å². The molecule has 4 N–H and O–H groups in total. The second-order valence-electron chi connectivity index (χ2n) is 3.52. The van der Waals surface area contributed by atoms with E-state index in [1.54, 1.807) is 0 Å². The summed E-state index contributed by atoms with van der Waals surface area (Å²) in [4.78, 5) is 0. The molecular formula is C10H16N2O3S. The molecule has 0 atom stereocenters. The fourth-order valence-corrected chi connectivity index (χ4v) is 1.64. The van der Waals surface area contributed by atoms with Gasteiger partial charge in [0, 0.05) is 13.1 Å². The van der Waals surface area contributed by atoms with Gasteiger partial charge in [-0.2, -0.15) is 0 Å². The second-order valence-corrected chi connectivity index (χ2v) is 5.25. The Morgan fingerprint density at radius 1 is 1.19 bits per heavy atom. The van der Waals surface area contributed by atoms with Gasteiger partial charge in [-0.1, -0.05) is 24.3 Å². The number of nitrogens with one attached hydrogen (secondary N) is 1. The van der Waals surface area contributed by atoms with Crippen molar-refractivity contribution in [1.29, 1.82) is 0 Å². The van der Waals surface area contributed by atoms with Crippen molar-refractivity contribution in [2.24, 2.45) is 5.14 Å². The van der Waals surface area contributed by atoms with Crippen LogP contribution in [0, 0.1) is 0 Å². The number of primary sulfonamides is 1. The highest BCUT2D eigenvalue weighted by atomic mass is 32.2. The molecule has 1 aromatic carbocycles. The van der Waals surface area contributed by atoms with Gasteiger partial charge in [-0.25, -0.2) is 13.6 Å². The topological polar surface area (TPSA) is 92.4 Å². The highest BCUT2D eigenvalue weighted by Crippen LogP contribution is 2.03. The normalized spacial score (nSPS) is 11.6. The number of sulfonamides is 1. The first-order chi connectivity index (χ1) is 7.51. The molecule has 0 radical (unpaired) electrons. The van der Waals surface area contributed by atoms with E-state index in [1.807, 2.05) is 24.3 Å². The third-order valence-electron chi connectivity index (χ3n) is 2.10. The van der Waals surface area contributed by atoms with E-state index in [9.17, 15) is 8.42 Å². The molecule has 0 spiro atoms. The number of hydrogen-bond donors (Lipinski definition) is 3. The maximum atomic E-state index is 10.6. The van der Waals surface area contributed by atoms with Crippen LogP contribution in [-0.2, 0) is 23.2 Å². The molecule has 0 aliphatic carbocycles. The van der Waals surface area contributed by atoms with Gasteiger partial charge in [-0.15, -0.1) is 0 Å². The molecule has 0 aliphatic heterocycles. The third kappa shape index (κ3) is 5.22. The molecule has 0 fully saturated rings. The summed E-state index contributed by atoms with van der Waals surface area (Å²) in [5.74, 6) is -0.0677. The first kappa shape index (κ1) is 13.1. The molecule has 90 valence electrons. The Labute approximate surface area is 95.3 Å². The Kier molecular flexibility index (Phi) is 4.88. The monoisotopic (exact) mass is 244 g/mol. The minimum Gasteiger partial charge on any atom is -0.392 e. The van der Waals surface area contributed by atoms with Gasteiger partial charge in [0.15, 0.2) is 0 Å². The molecular weight excluding hydrogens is 228 g/mol. The smallest absolute Gasteiger partial charge is 0.210 e. The third-order valence-corrected chi connectivity index (χ3v) is 2.87. The minimum absolute atomic E-state index is 0.0269. The highest BCUT2D eigenvalue weighted by Gasteiger charge is 2.01. The maximum absolute atomic E-state index is 10.6. The highest BCUT2D eigenvalue weighted by molar-refractivity contribution is 7.89. The van der Waals surface area contributed by atoms with Gasteiger partial charge in [-0.3, -0.25) is 0 Å². The lowest BCUT2D eigenvalue weighted by Gasteiger charge is -2.04. The minimum atomic E-state index is -3.38. The lowest BCUT2D eigenvalue weighted by atomic mass is 10.1. The Hall–Kier alpha value is -0.950. The van der Waals surface area contributed by atoms with Crippen LogP contribution in [0.3, 0.4) is 0 Å². The van der Waals surface area contributed by atoms with Crippen LogP contribution in [0.1, 0.15) is 11.1 Å². The van der Waals surface area contributed by atoms with Crippen molar-refractivity contribution < 1.29 is 13.5 Å². The molecule has 16 heavy (non-hydrogen) atoms. The molecule has 1 aromatic rings. The Morgan fingerprint density at radius 2 is 1.75 bits per heavy atom. The van der Waals surface area contributed by atoms with E-state index >= 15 is 0 Å². The second kappa shape index (κ2) is 5.95. The Bertz CT molecular complexity index is 414. The van der Waals surface area contributed by atoms with Crippen molar-refractivity contribution in [3.63, 3.8) is 0 Å². The van der Waals surface area contributed by atoms with Gasteiger partial charge in [0.25, 0.3) is 0 Å². The lowest BCUT2D eigenvalue weighted by molar-refractivity contribution is 0.282. The van der Waals surface area contributed by atoms with E-state index in [0.717, 1.165) is 11.1 Å². The molecule has 0 bridgehead atoms. The van der Waals surface area contributed by atoms with Crippen molar-refractivity contribution in [3.8, 4) is 0 Å². The van der Waals surface area contributed by atoms with Crippen LogP contribution in [0.2, 0.25) is 0 Å². The van der Waals surface area contributed by atoms with Crippen molar-refractivity contribution in [1.82, 2.24) is 5.32 Å². The predicted octanol–water partition coefficient (Wildman–Crippen LogP) is -0.443. The maximum Gasteiger partial charge on any atom is 0.210 e. The van der Waals surface area contributed by atoms with Crippen LogP contribution in [0.4, 0.5) is 0 Å². The van der Waals surface area contributed by atoms with Gasteiger partial charge in [0.05, 0.1) is 12.4 Å². The molecule has 0 aromatic heterocycles. The van der Waals surface area contributed by atoms with E-state index in [4.69, 9.17) is 10.2 Å². The van der Waals surface area contributed by atoms with E-state index < -0.39 is 10.0 Å². The number of nitrogens with two attached hydrogens (primary N) is 1.